The van der Waals surface area contributed by atoms with Crippen LogP contribution < -0.4 is 9.64 Å². The highest BCUT2D eigenvalue weighted by atomic mass is 32.1. The normalized spacial score (nSPS) is 14.4. The molecule has 0 saturated carbocycles. The number of hydrogen-bond acceptors (Lipinski definition) is 5. The van der Waals surface area contributed by atoms with Crippen molar-refractivity contribution in [2.24, 2.45) is 0 Å². The van der Waals surface area contributed by atoms with Crippen LogP contribution in [0.2, 0.25) is 0 Å². The van der Waals surface area contributed by atoms with Crippen molar-refractivity contribution < 1.29 is 9.53 Å². The predicted octanol–water partition coefficient (Wildman–Crippen LogP) is 4.74. The van der Waals surface area contributed by atoms with E-state index in [0.717, 1.165) is 58.2 Å². The molecular weight excluding hydrogens is 406 g/mol. The number of rotatable bonds is 5. The van der Waals surface area contributed by atoms with Gasteiger partial charge < -0.3 is 14.5 Å². The van der Waals surface area contributed by atoms with E-state index in [1.807, 2.05) is 42.2 Å². The van der Waals surface area contributed by atoms with E-state index < -0.39 is 0 Å². The topological polar surface area (TPSA) is 45.7 Å². The van der Waals surface area contributed by atoms with E-state index in [1.165, 1.54) is 5.39 Å². The summed E-state index contributed by atoms with van der Waals surface area (Å²) < 4.78 is 6.86. The summed E-state index contributed by atoms with van der Waals surface area (Å²) in [5.41, 5.74) is 2.03. The quantitative estimate of drug-likeness (QED) is 0.458. The molecule has 0 spiro atoms. The van der Waals surface area contributed by atoms with E-state index in [-0.39, 0.29) is 5.91 Å². The molecule has 4 aromatic rings. The van der Waals surface area contributed by atoms with Gasteiger partial charge in [0.05, 0.1) is 17.7 Å². The molecule has 0 unspecified atom stereocenters. The van der Waals surface area contributed by atoms with E-state index in [0.29, 0.717) is 13.0 Å². The van der Waals surface area contributed by atoms with E-state index in [2.05, 4.69) is 35.2 Å². The average molecular weight is 432 g/mol. The fourth-order valence-corrected chi connectivity index (χ4v) is 5.22. The van der Waals surface area contributed by atoms with Crippen LogP contribution in [0.15, 0.2) is 60.7 Å². The zero-order chi connectivity index (χ0) is 21.2. The van der Waals surface area contributed by atoms with Gasteiger partial charge in [-0.3, -0.25) is 4.79 Å². The monoisotopic (exact) mass is 431 g/mol. The number of thiazole rings is 1. The highest BCUT2D eigenvalue weighted by molar-refractivity contribution is 7.22. The first-order chi connectivity index (χ1) is 15.2. The van der Waals surface area contributed by atoms with Crippen LogP contribution in [-0.4, -0.2) is 48.6 Å². The Morgan fingerprint density at radius 1 is 1.00 bits per heavy atom. The highest BCUT2D eigenvalue weighted by Gasteiger charge is 2.24. The number of ether oxygens (including phenoxy) is 1. The molecule has 0 N–H and O–H groups in total. The number of anilines is 1. The maximum atomic E-state index is 13.0. The zero-order valence-electron chi connectivity index (χ0n) is 17.6. The second-order valence-electron chi connectivity index (χ2n) is 7.72. The minimum Gasteiger partial charge on any atom is -0.492 e. The molecule has 1 aromatic heterocycles. The van der Waals surface area contributed by atoms with Gasteiger partial charge in [0.25, 0.3) is 0 Å². The van der Waals surface area contributed by atoms with Crippen molar-refractivity contribution in [3.05, 3.63) is 66.2 Å². The molecule has 1 amide bonds. The lowest BCUT2D eigenvalue weighted by atomic mass is 10.0. The van der Waals surface area contributed by atoms with Crippen molar-refractivity contribution in [1.82, 2.24) is 9.88 Å². The molecule has 3 aromatic carbocycles. The smallest absolute Gasteiger partial charge is 0.227 e. The second-order valence-corrected chi connectivity index (χ2v) is 8.72. The lowest BCUT2D eigenvalue weighted by molar-refractivity contribution is -0.130. The number of nitrogens with zero attached hydrogens (tertiary/aromatic N) is 3. The minimum atomic E-state index is 0.193. The summed E-state index contributed by atoms with van der Waals surface area (Å²) in [5.74, 6) is 1.03. The number of fused-ring (bicyclic) bond motifs is 2. The average Bonchev–Trinajstić information content (AvgIpc) is 3.25. The fourth-order valence-electron chi connectivity index (χ4n) is 4.19. The van der Waals surface area contributed by atoms with Gasteiger partial charge in [0, 0.05) is 26.2 Å². The van der Waals surface area contributed by atoms with Gasteiger partial charge in [0.2, 0.25) is 5.91 Å². The molecule has 5 rings (SSSR count). The van der Waals surface area contributed by atoms with E-state index in [4.69, 9.17) is 9.72 Å². The van der Waals surface area contributed by atoms with Crippen LogP contribution >= 0.6 is 11.3 Å². The van der Waals surface area contributed by atoms with Gasteiger partial charge >= 0.3 is 0 Å². The van der Waals surface area contributed by atoms with Crippen LogP contribution in [-0.2, 0) is 11.2 Å². The first-order valence-corrected chi connectivity index (χ1v) is 11.6. The van der Waals surface area contributed by atoms with Crippen LogP contribution in [0.3, 0.4) is 0 Å². The van der Waals surface area contributed by atoms with Gasteiger partial charge in [-0.05, 0) is 35.4 Å². The first kappa shape index (κ1) is 19.8. The van der Waals surface area contributed by atoms with Crippen molar-refractivity contribution in [2.75, 3.05) is 37.7 Å². The molecular formula is C25H25N3O2S. The van der Waals surface area contributed by atoms with Crippen LogP contribution in [0.1, 0.15) is 12.5 Å². The van der Waals surface area contributed by atoms with Gasteiger partial charge in [0.15, 0.2) is 5.13 Å². The Labute approximate surface area is 185 Å². The number of aromatic nitrogens is 1. The third kappa shape index (κ3) is 3.95. The molecule has 0 atom stereocenters. The molecule has 0 bridgehead atoms. The summed E-state index contributed by atoms with van der Waals surface area (Å²) in [5, 5.41) is 3.35. The first-order valence-electron chi connectivity index (χ1n) is 10.7. The molecule has 1 fully saturated rings. The van der Waals surface area contributed by atoms with Gasteiger partial charge in [-0.1, -0.05) is 59.9 Å². The number of amides is 1. The summed E-state index contributed by atoms with van der Waals surface area (Å²) in [6.45, 7) is 5.65. The molecule has 6 heteroatoms. The van der Waals surface area contributed by atoms with Crippen molar-refractivity contribution >= 4 is 43.4 Å². The van der Waals surface area contributed by atoms with E-state index in [1.54, 1.807) is 11.3 Å². The Kier molecular flexibility index (Phi) is 5.47. The molecule has 0 aliphatic carbocycles. The highest BCUT2D eigenvalue weighted by Crippen LogP contribution is 2.34. The maximum Gasteiger partial charge on any atom is 0.227 e. The van der Waals surface area contributed by atoms with Gasteiger partial charge in [-0.2, -0.15) is 0 Å². The lowest BCUT2D eigenvalue weighted by Crippen LogP contribution is -2.49. The molecule has 1 saturated heterocycles. The van der Waals surface area contributed by atoms with E-state index >= 15 is 0 Å². The number of benzene rings is 3. The van der Waals surface area contributed by atoms with Gasteiger partial charge in [-0.25, -0.2) is 4.98 Å². The molecule has 0 radical (unpaired) electrons. The summed E-state index contributed by atoms with van der Waals surface area (Å²) in [7, 11) is 0. The molecule has 2 heterocycles. The third-order valence-corrected chi connectivity index (χ3v) is 6.88. The standard InChI is InChI=1S/C25H25N3O2S/c1-2-30-21-11-6-12-22-24(21)26-25(31-22)28-15-13-27(14-16-28)23(29)17-19-9-5-8-18-7-3-4-10-20(18)19/h3-12H,2,13-17H2,1H3. The van der Waals surface area contributed by atoms with Crippen molar-refractivity contribution in [3.8, 4) is 5.75 Å². The summed E-state index contributed by atoms with van der Waals surface area (Å²) >= 11 is 1.69. The fraction of sp³-hybridized carbons (Fsp3) is 0.280. The van der Waals surface area contributed by atoms with Crippen LogP contribution in [0.4, 0.5) is 5.13 Å². The van der Waals surface area contributed by atoms with Gasteiger partial charge in [-0.15, -0.1) is 0 Å². The Morgan fingerprint density at radius 2 is 1.77 bits per heavy atom. The lowest BCUT2D eigenvalue weighted by Gasteiger charge is -2.34. The SMILES string of the molecule is CCOc1cccc2sc(N3CCN(C(=O)Cc4cccc5ccccc45)CC3)nc12. The molecule has 5 nitrogen and oxygen atoms in total. The number of piperazine rings is 1. The van der Waals surface area contributed by atoms with Crippen LogP contribution in [0, 0.1) is 0 Å². The molecule has 1 aliphatic rings. The second kappa shape index (κ2) is 8.55. The molecule has 158 valence electrons. The minimum absolute atomic E-state index is 0.193. The number of carbonyl (C=O) groups excluding carboxylic acids is 1. The number of carbonyl (C=O) groups is 1. The van der Waals surface area contributed by atoms with E-state index in [9.17, 15) is 4.79 Å². The Balaban J connectivity index is 1.26. The van der Waals surface area contributed by atoms with Gasteiger partial charge in [0.1, 0.15) is 11.3 Å². The largest absolute Gasteiger partial charge is 0.492 e. The summed E-state index contributed by atoms with van der Waals surface area (Å²) in [6, 6.07) is 20.5. The number of para-hydroxylation sites is 1. The van der Waals surface area contributed by atoms with Crippen molar-refractivity contribution in [1.29, 1.82) is 0 Å². The number of hydrogen-bond donors (Lipinski definition) is 0. The zero-order valence-corrected chi connectivity index (χ0v) is 18.4. The Morgan fingerprint density at radius 3 is 2.61 bits per heavy atom. The molecule has 31 heavy (non-hydrogen) atoms. The molecule has 1 aliphatic heterocycles. The van der Waals surface area contributed by atoms with Crippen LogP contribution in [0.5, 0.6) is 5.75 Å². The van der Waals surface area contributed by atoms with Crippen LogP contribution in [0.25, 0.3) is 21.0 Å². The Hall–Kier alpha value is -3.12. The Bertz CT molecular complexity index is 1220. The van der Waals surface area contributed by atoms with Crippen molar-refractivity contribution in [3.63, 3.8) is 0 Å². The summed E-state index contributed by atoms with van der Waals surface area (Å²) in [6.07, 6.45) is 0.445. The maximum absolute atomic E-state index is 13.0. The van der Waals surface area contributed by atoms with Crippen molar-refractivity contribution in [2.45, 2.75) is 13.3 Å². The predicted molar refractivity (Wildman–Crippen MR) is 127 cm³/mol. The summed E-state index contributed by atoms with van der Waals surface area (Å²) in [4.78, 5) is 22.1. The third-order valence-electron chi connectivity index (χ3n) is 5.80.